The Labute approximate surface area is 161 Å². The number of furan rings is 1. The van der Waals surface area contributed by atoms with Gasteiger partial charge >= 0.3 is 0 Å². The first-order valence-electron chi connectivity index (χ1n) is 9.28. The predicted molar refractivity (Wildman–Crippen MR) is 98.7 cm³/mol. The van der Waals surface area contributed by atoms with Crippen molar-refractivity contribution in [1.29, 1.82) is 0 Å². The van der Waals surface area contributed by atoms with E-state index in [1.54, 1.807) is 24.5 Å². The Morgan fingerprint density at radius 1 is 1.18 bits per heavy atom. The van der Waals surface area contributed by atoms with Crippen LogP contribution in [0.1, 0.15) is 30.4 Å². The molecule has 7 nitrogen and oxygen atoms in total. The summed E-state index contributed by atoms with van der Waals surface area (Å²) in [5, 5.41) is 11.1. The average molecular weight is 384 g/mol. The van der Waals surface area contributed by atoms with E-state index in [0.717, 1.165) is 31.7 Å². The largest absolute Gasteiger partial charge is 0.467 e. The zero-order chi connectivity index (χ0) is 19.3. The second-order valence-corrected chi connectivity index (χ2v) is 6.86. The van der Waals surface area contributed by atoms with Crippen molar-refractivity contribution >= 4 is 5.91 Å². The zero-order valence-electron chi connectivity index (χ0n) is 15.3. The second kappa shape index (κ2) is 8.35. The topological polar surface area (TPSA) is 84.4 Å². The van der Waals surface area contributed by atoms with Crippen LogP contribution in [0, 0.1) is 5.82 Å². The number of carbonyl (C=O) groups excluding carboxylic acids is 1. The van der Waals surface area contributed by atoms with Gasteiger partial charge in [0, 0.05) is 11.5 Å². The molecule has 1 aromatic carbocycles. The van der Waals surface area contributed by atoms with Gasteiger partial charge in [-0.2, -0.15) is 0 Å². The summed E-state index contributed by atoms with van der Waals surface area (Å²) >= 11 is 0. The van der Waals surface area contributed by atoms with E-state index in [1.807, 2.05) is 6.07 Å². The molecule has 0 spiro atoms. The lowest BCUT2D eigenvalue weighted by molar-refractivity contribution is -0.122. The molecule has 0 bridgehead atoms. The highest BCUT2D eigenvalue weighted by Crippen LogP contribution is 2.29. The Kier molecular flexibility index (Phi) is 5.48. The highest BCUT2D eigenvalue weighted by Gasteiger charge is 2.26. The molecule has 28 heavy (non-hydrogen) atoms. The maximum atomic E-state index is 13.0. The van der Waals surface area contributed by atoms with E-state index in [0.29, 0.717) is 30.4 Å². The van der Waals surface area contributed by atoms with Gasteiger partial charge in [-0.3, -0.25) is 9.69 Å². The molecular weight excluding hydrogens is 363 g/mol. The summed E-state index contributed by atoms with van der Waals surface area (Å²) in [6.07, 6.45) is 3.28. The Balaban J connectivity index is 1.26. The van der Waals surface area contributed by atoms with Crippen LogP contribution in [0.4, 0.5) is 4.39 Å². The predicted octanol–water partition coefficient (Wildman–Crippen LogP) is 2.96. The smallest absolute Gasteiger partial charge is 0.247 e. The van der Waals surface area contributed by atoms with E-state index < -0.39 is 0 Å². The van der Waals surface area contributed by atoms with E-state index in [2.05, 4.69) is 20.4 Å². The van der Waals surface area contributed by atoms with Crippen molar-refractivity contribution < 1.29 is 18.0 Å². The minimum absolute atomic E-state index is 0.0220. The first-order chi connectivity index (χ1) is 13.7. The van der Waals surface area contributed by atoms with Gasteiger partial charge < -0.3 is 14.2 Å². The van der Waals surface area contributed by atoms with Gasteiger partial charge in [-0.15, -0.1) is 10.2 Å². The lowest BCUT2D eigenvalue weighted by Crippen LogP contribution is -2.41. The van der Waals surface area contributed by atoms with Crippen molar-refractivity contribution in [2.45, 2.75) is 25.3 Å². The fourth-order valence-electron chi connectivity index (χ4n) is 3.30. The summed E-state index contributed by atoms with van der Waals surface area (Å²) in [6.45, 7) is 2.33. The van der Waals surface area contributed by atoms with Crippen molar-refractivity contribution in [3.05, 3.63) is 60.1 Å². The van der Waals surface area contributed by atoms with Gasteiger partial charge in [0.05, 0.1) is 19.4 Å². The molecule has 1 saturated heterocycles. The summed E-state index contributed by atoms with van der Waals surface area (Å²) in [6, 6.07) is 9.61. The Morgan fingerprint density at radius 2 is 1.96 bits per heavy atom. The van der Waals surface area contributed by atoms with Crippen LogP contribution in [0.5, 0.6) is 0 Å². The summed E-state index contributed by atoms with van der Waals surface area (Å²) in [4.78, 5) is 14.2. The maximum Gasteiger partial charge on any atom is 0.247 e. The normalized spacial score (nSPS) is 15.6. The number of piperidine rings is 1. The van der Waals surface area contributed by atoms with Crippen LogP contribution in [0.3, 0.4) is 0 Å². The van der Waals surface area contributed by atoms with Crippen LogP contribution < -0.4 is 5.32 Å². The van der Waals surface area contributed by atoms with E-state index in [1.165, 1.54) is 12.1 Å². The van der Waals surface area contributed by atoms with Crippen molar-refractivity contribution in [3.63, 3.8) is 0 Å². The molecule has 0 saturated carbocycles. The molecule has 2 aromatic heterocycles. The maximum absolute atomic E-state index is 13.0. The first kappa shape index (κ1) is 18.4. The highest BCUT2D eigenvalue weighted by molar-refractivity contribution is 5.77. The molecule has 3 heterocycles. The number of likely N-dealkylation sites (tertiary alicyclic amines) is 1. The number of carbonyl (C=O) groups is 1. The van der Waals surface area contributed by atoms with E-state index in [4.69, 9.17) is 8.83 Å². The Bertz CT molecular complexity index is 900. The summed E-state index contributed by atoms with van der Waals surface area (Å²) in [5.41, 5.74) is 0.700. The van der Waals surface area contributed by atoms with E-state index in [9.17, 15) is 9.18 Å². The third-order valence-electron chi connectivity index (χ3n) is 4.88. The highest BCUT2D eigenvalue weighted by atomic mass is 19.1. The fraction of sp³-hybridized carbons (Fsp3) is 0.350. The minimum atomic E-state index is -0.302. The monoisotopic (exact) mass is 384 g/mol. The van der Waals surface area contributed by atoms with Crippen LogP contribution in [0.2, 0.25) is 0 Å². The van der Waals surface area contributed by atoms with Crippen LogP contribution in [0.25, 0.3) is 11.5 Å². The molecule has 8 heteroatoms. The molecule has 146 valence electrons. The second-order valence-electron chi connectivity index (χ2n) is 6.86. The molecule has 1 aliphatic rings. The van der Waals surface area contributed by atoms with Gasteiger partial charge in [-0.05, 0) is 62.3 Å². The van der Waals surface area contributed by atoms with Crippen LogP contribution in [-0.2, 0) is 11.3 Å². The van der Waals surface area contributed by atoms with Crippen LogP contribution >= 0.6 is 0 Å². The fourth-order valence-corrected chi connectivity index (χ4v) is 3.30. The number of halogens is 1. The first-order valence-corrected chi connectivity index (χ1v) is 9.28. The SMILES string of the molecule is O=C(CN1CCC(c2nnc(-c3ccc(F)cc3)o2)CC1)NCc1ccco1. The summed E-state index contributed by atoms with van der Waals surface area (Å²) in [7, 11) is 0. The van der Waals surface area contributed by atoms with Gasteiger partial charge in [0.1, 0.15) is 11.6 Å². The number of aromatic nitrogens is 2. The quantitative estimate of drug-likeness (QED) is 0.703. The van der Waals surface area contributed by atoms with Gasteiger partial charge in [0.25, 0.3) is 0 Å². The van der Waals surface area contributed by atoms with E-state index in [-0.39, 0.29) is 17.6 Å². The van der Waals surface area contributed by atoms with Crippen molar-refractivity contribution in [3.8, 4) is 11.5 Å². The lowest BCUT2D eigenvalue weighted by atomic mass is 9.97. The third-order valence-corrected chi connectivity index (χ3v) is 4.88. The van der Waals surface area contributed by atoms with Crippen molar-refractivity contribution in [1.82, 2.24) is 20.4 Å². The molecule has 1 amide bonds. The number of benzene rings is 1. The lowest BCUT2D eigenvalue weighted by Gasteiger charge is -2.29. The number of amides is 1. The van der Waals surface area contributed by atoms with Crippen LogP contribution in [-0.4, -0.2) is 40.6 Å². The molecule has 4 rings (SSSR count). The van der Waals surface area contributed by atoms with E-state index >= 15 is 0 Å². The molecular formula is C20H21FN4O3. The Hall–Kier alpha value is -3.00. The molecule has 0 unspecified atom stereocenters. The molecule has 0 atom stereocenters. The number of rotatable bonds is 6. The standard InChI is InChI=1S/C20H21FN4O3/c21-16-5-3-14(4-6-16)19-23-24-20(28-19)15-7-9-25(10-8-15)13-18(26)22-12-17-2-1-11-27-17/h1-6,11,15H,7-10,12-13H2,(H,22,26). The molecule has 3 aromatic rings. The van der Waals surface area contributed by atoms with Gasteiger partial charge in [0.2, 0.25) is 17.7 Å². The average Bonchev–Trinajstić information content (AvgIpc) is 3.40. The summed E-state index contributed by atoms with van der Waals surface area (Å²) < 4.78 is 24.0. The number of nitrogens with zero attached hydrogens (tertiary/aromatic N) is 3. The zero-order valence-corrected chi connectivity index (χ0v) is 15.3. The Morgan fingerprint density at radius 3 is 2.68 bits per heavy atom. The van der Waals surface area contributed by atoms with Crippen molar-refractivity contribution in [2.24, 2.45) is 0 Å². The molecule has 0 radical (unpaired) electrons. The number of nitrogens with one attached hydrogen (secondary N) is 1. The third kappa shape index (κ3) is 4.45. The van der Waals surface area contributed by atoms with Gasteiger partial charge in [-0.25, -0.2) is 4.39 Å². The van der Waals surface area contributed by atoms with Crippen molar-refractivity contribution in [2.75, 3.05) is 19.6 Å². The van der Waals surface area contributed by atoms with Gasteiger partial charge in [-0.1, -0.05) is 0 Å². The molecule has 0 aliphatic carbocycles. The molecule has 1 N–H and O–H groups in total. The van der Waals surface area contributed by atoms with Crippen LogP contribution in [0.15, 0.2) is 51.5 Å². The molecule has 1 fully saturated rings. The van der Waals surface area contributed by atoms with Gasteiger partial charge in [0.15, 0.2) is 0 Å². The number of hydrogen-bond donors (Lipinski definition) is 1. The molecule has 1 aliphatic heterocycles. The number of hydrogen-bond acceptors (Lipinski definition) is 6. The summed E-state index contributed by atoms with van der Waals surface area (Å²) in [5.74, 6) is 1.58. The minimum Gasteiger partial charge on any atom is -0.467 e.